The number of aryl methyl sites for hydroxylation is 2. The molecule has 2 aromatic rings. The lowest BCUT2D eigenvalue weighted by Gasteiger charge is -2.12. The van der Waals surface area contributed by atoms with E-state index < -0.39 is 0 Å². The summed E-state index contributed by atoms with van der Waals surface area (Å²) in [4.78, 5) is 11.8. The van der Waals surface area contributed by atoms with Crippen LogP contribution in [0.1, 0.15) is 11.1 Å². The van der Waals surface area contributed by atoms with Crippen LogP contribution in [-0.2, 0) is 4.79 Å². The minimum absolute atomic E-state index is 0.167. The summed E-state index contributed by atoms with van der Waals surface area (Å²) in [5.41, 5.74) is 3.75. The van der Waals surface area contributed by atoms with Crippen molar-refractivity contribution < 1.29 is 9.18 Å². The average molecular weight is 272 g/mol. The van der Waals surface area contributed by atoms with E-state index in [1.54, 1.807) is 0 Å². The zero-order valence-electron chi connectivity index (χ0n) is 11.5. The molecule has 0 aliphatic rings. The van der Waals surface area contributed by atoms with Crippen molar-refractivity contribution in [1.29, 1.82) is 0 Å². The molecule has 0 aliphatic carbocycles. The number of benzene rings is 2. The molecular weight excluding hydrogens is 255 g/mol. The first-order valence-electron chi connectivity index (χ1n) is 6.42. The van der Waals surface area contributed by atoms with Crippen LogP contribution in [0.15, 0.2) is 42.5 Å². The Morgan fingerprint density at radius 2 is 1.65 bits per heavy atom. The van der Waals surface area contributed by atoms with Crippen LogP contribution in [0, 0.1) is 19.7 Å². The highest BCUT2D eigenvalue weighted by Gasteiger charge is 2.05. The van der Waals surface area contributed by atoms with E-state index in [9.17, 15) is 9.18 Å². The molecule has 0 aromatic heterocycles. The summed E-state index contributed by atoms with van der Waals surface area (Å²) >= 11 is 0. The van der Waals surface area contributed by atoms with Gasteiger partial charge in [-0.05, 0) is 49.2 Å². The third-order valence-corrected chi connectivity index (χ3v) is 3.03. The van der Waals surface area contributed by atoms with E-state index in [0.29, 0.717) is 5.69 Å². The van der Waals surface area contributed by atoms with Crippen molar-refractivity contribution in [1.82, 2.24) is 0 Å². The van der Waals surface area contributed by atoms with Crippen LogP contribution in [0.5, 0.6) is 0 Å². The van der Waals surface area contributed by atoms with E-state index in [1.165, 1.54) is 24.3 Å². The first-order chi connectivity index (χ1) is 9.56. The van der Waals surface area contributed by atoms with Gasteiger partial charge in [-0.25, -0.2) is 4.39 Å². The molecule has 2 rings (SSSR count). The molecule has 2 N–H and O–H groups in total. The van der Waals surface area contributed by atoms with Gasteiger partial charge in [-0.15, -0.1) is 0 Å². The highest BCUT2D eigenvalue weighted by atomic mass is 19.1. The second kappa shape index (κ2) is 6.19. The Kier molecular flexibility index (Phi) is 4.35. The number of para-hydroxylation sites is 1. The van der Waals surface area contributed by atoms with E-state index in [2.05, 4.69) is 10.6 Å². The predicted molar refractivity (Wildman–Crippen MR) is 79.4 cm³/mol. The monoisotopic (exact) mass is 272 g/mol. The number of halogens is 1. The SMILES string of the molecule is Cc1cccc(C)c1NCC(=O)Nc1ccc(F)cc1. The fourth-order valence-electron chi connectivity index (χ4n) is 2.00. The number of anilines is 2. The average Bonchev–Trinajstić information content (AvgIpc) is 2.41. The summed E-state index contributed by atoms with van der Waals surface area (Å²) in [6.45, 7) is 4.16. The van der Waals surface area contributed by atoms with Crippen molar-refractivity contribution in [2.45, 2.75) is 13.8 Å². The summed E-state index contributed by atoms with van der Waals surface area (Å²) in [5.74, 6) is -0.490. The minimum Gasteiger partial charge on any atom is -0.376 e. The maximum atomic E-state index is 12.8. The van der Waals surface area contributed by atoms with Crippen molar-refractivity contribution in [2.75, 3.05) is 17.2 Å². The van der Waals surface area contributed by atoms with Crippen LogP contribution in [0.3, 0.4) is 0 Å². The number of amides is 1. The van der Waals surface area contributed by atoms with Gasteiger partial charge in [0.05, 0.1) is 6.54 Å². The summed E-state index contributed by atoms with van der Waals surface area (Å²) in [7, 11) is 0. The Bertz CT molecular complexity index is 588. The van der Waals surface area contributed by atoms with Gasteiger partial charge < -0.3 is 10.6 Å². The van der Waals surface area contributed by atoms with Gasteiger partial charge in [0, 0.05) is 11.4 Å². The lowest BCUT2D eigenvalue weighted by Crippen LogP contribution is -2.22. The van der Waals surface area contributed by atoms with Gasteiger partial charge in [0.1, 0.15) is 5.82 Å². The van der Waals surface area contributed by atoms with Crippen LogP contribution in [0.4, 0.5) is 15.8 Å². The van der Waals surface area contributed by atoms with Gasteiger partial charge in [-0.2, -0.15) is 0 Å². The first kappa shape index (κ1) is 14.1. The summed E-state index contributed by atoms with van der Waals surface area (Å²) in [6.07, 6.45) is 0. The number of carbonyl (C=O) groups excluding carboxylic acids is 1. The lowest BCUT2D eigenvalue weighted by atomic mass is 10.1. The summed E-state index contributed by atoms with van der Waals surface area (Å²) < 4.78 is 12.8. The Hall–Kier alpha value is -2.36. The molecule has 0 atom stereocenters. The molecule has 0 saturated carbocycles. The van der Waals surface area contributed by atoms with Crippen molar-refractivity contribution in [2.24, 2.45) is 0 Å². The van der Waals surface area contributed by atoms with Crippen LogP contribution >= 0.6 is 0 Å². The maximum Gasteiger partial charge on any atom is 0.243 e. The largest absolute Gasteiger partial charge is 0.376 e. The molecule has 20 heavy (non-hydrogen) atoms. The molecule has 0 fully saturated rings. The fraction of sp³-hybridized carbons (Fsp3) is 0.188. The van der Waals surface area contributed by atoms with E-state index in [1.807, 2.05) is 32.0 Å². The molecule has 0 unspecified atom stereocenters. The molecule has 0 bridgehead atoms. The zero-order chi connectivity index (χ0) is 14.5. The number of hydrogen-bond acceptors (Lipinski definition) is 2. The quantitative estimate of drug-likeness (QED) is 0.894. The molecule has 4 heteroatoms. The van der Waals surface area contributed by atoms with Crippen LogP contribution in [0.2, 0.25) is 0 Å². The van der Waals surface area contributed by atoms with Crippen LogP contribution in [0.25, 0.3) is 0 Å². The second-order valence-electron chi connectivity index (χ2n) is 4.68. The predicted octanol–water partition coefficient (Wildman–Crippen LogP) is 3.49. The third-order valence-electron chi connectivity index (χ3n) is 3.03. The van der Waals surface area contributed by atoms with Gasteiger partial charge in [0.15, 0.2) is 0 Å². The zero-order valence-corrected chi connectivity index (χ0v) is 11.5. The first-order valence-corrected chi connectivity index (χ1v) is 6.42. The smallest absolute Gasteiger partial charge is 0.243 e. The normalized spacial score (nSPS) is 10.2. The van der Waals surface area contributed by atoms with E-state index >= 15 is 0 Å². The van der Waals surface area contributed by atoms with Crippen molar-refractivity contribution in [3.05, 3.63) is 59.4 Å². The topological polar surface area (TPSA) is 41.1 Å². The Morgan fingerprint density at radius 3 is 2.25 bits per heavy atom. The molecule has 104 valence electrons. The van der Waals surface area contributed by atoms with Gasteiger partial charge in [-0.3, -0.25) is 4.79 Å². The second-order valence-corrected chi connectivity index (χ2v) is 4.68. The molecule has 0 saturated heterocycles. The van der Waals surface area contributed by atoms with E-state index in [0.717, 1.165) is 16.8 Å². The summed E-state index contributed by atoms with van der Waals surface area (Å²) in [5, 5.41) is 5.84. The van der Waals surface area contributed by atoms with E-state index in [4.69, 9.17) is 0 Å². The van der Waals surface area contributed by atoms with Crippen molar-refractivity contribution in [3.63, 3.8) is 0 Å². The molecule has 0 heterocycles. The van der Waals surface area contributed by atoms with Crippen LogP contribution < -0.4 is 10.6 Å². The summed E-state index contributed by atoms with van der Waals surface area (Å²) in [6, 6.07) is 11.7. The molecule has 0 radical (unpaired) electrons. The molecule has 1 amide bonds. The fourth-order valence-corrected chi connectivity index (χ4v) is 2.00. The van der Waals surface area contributed by atoms with Gasteiger partial charge in [-0.1, -0.05) is 18.2 Å². The highest BCUT2D eigenvalue weighted by Crippen LogP contribution is 2.19. The molecular formula is C16H17FN2O. The van der Waals surface area contributed by atoms with Crippen LogP contribution in [-0.4, -0.2) is 12.5 Å². The Balaban J connectivity index is 1.94. The number of hydrogen-bond donors (Lipinski definition) is 2. The minimum atomic E-state index is -0.323. The number of nitrogens with one attached hydrogen (secondary N) is 2. The van der Waals surface area contributed by atoms with E-state index in [-0.39, 0.29) is 18.3 Å². The Labute approximate surface area is 117 Å². The van der Waals surface area contributed by atoms with Gasteiger partial charge in [0.25, 0.3) is 0 Å². The Morgan fingerprint density at radius 1 is 1.05 bits per heavy atom. The molecule has 2 aromatic carbocycles. The number of carbonyl (C=O) groups is 1. The third kappa shape index (κ3) is 3.57. The number of rotatable bonds is 4. The molecule has 3 nitrogen and oxygen atoms in total. The molecule has 0 spiro atoms. The van der Waals surface area contributed by atoms with Gasteiger partial charge >= 0.3 is 0 Å². The molecule has 0 aliphatic heterocycles. The van der Waals surface area contributed by atoms with Crippen molar-refractivity contribution >= 4 is 17.3 Å². The van der Waals surface area contributed by atoms with Gasteiger partial charge in [0.2, 0.25) is 5.91 Å². The highest BCUT2D eigenvalue weighted by molar-refractivity contribution is 5.93. The lowest BCUT2D eigenvalue weighted by molar-refractivity contribution is -0.114. The standard InChI is InChI=1S/C16H17FN2O/c1-11-4-3-5-12(2)16(11)18-10-15(20)19-14-8-6-13(17)7-9-14/h3-9,18H,10H2,1-2H3,(H,19,20). The van der Waals surface area contributed by atoms with Crippen molar-refractivity contribution in [3.8, 4) is 0 Å². The maximum absolute atomic E-state index is 12.8.